The topological polar surface area (TPSA) is 49.4 Å². The second kappa shape index (κ2) is 6.87. The molecule has 0 aromatic carbocycles. The number of rotatable bonds is 6. The molecule has 1 aliphatic rings. The van der Waals surface area contributed by atoms with Crippen molar-refractivity contribution in [3.05, 3.63) is 0 Å². The molecule has 1 N–H and O–H groups in total. The number of sulfone groups is 1. The van der Waals surface area contributed by atoms with Gasteiger partial charge in [0.1, 0.15) is 0 Å². The lowest BCUT2D eigenvalue weighted by atomic mass is 10.2. The van der Waals surface area contributed by atoms with Crippen LogP contribution >= 0.6 is 0 Å². The van der Waals surface area contributed by atoms with E-state index in [-0.39, 0.29) is 6.04 Å². The summed E-state index contributed by atoms with van der Waals surface area (Å²) in [6.07, 6.45) is 1.79. The first kappa shape index (κ1) is 15.9. The van der Waals surface area contributed by atoms with Gasteiger partial charge in [-0.2, -0.15) is 0 Å². The fourth-order valence-corrected chi connectivity index (χ4v) is 4.37. The monoisotopic (exact) mass is 276 g/mol. The maximum atomic E-state index is 11.5. The Morgan fingerprint density at radius 2 is 1.83 bits per heavy atom. The van der Waals surface area contributed by atoms with Crippen molar-refractivity contribution in [1.82, 2.24) is 10.2 Å². The number of nitrogens with zero attached hydrogens (tertiary/aromatic N) is 1. The van der Waals surface area contributed by atoms with Crippen molar-refractivity contribution in [2.75, 3.05) is 24.6 Å². The van der Waals surface area contributed by atoms with Gasteiger partial charge in [0, 0.05) is 31.2 Å². The third-order valence-electron chi connectivity index (χ3n) is 3.59. The van der Waals surface area contributed by atoms with Crippen LogP contribution in [0.5, 0.6) is 0 Å². The van der Waals surface area contributed by atoms with Gasteiger partial charge in [0.05, 0.1) is 11.5 Å². The second-order valence-electron chi connectivity index (χ2n) is 5.83. The Labute approximate surface area is 112 Å². The highest BCUT2D eigenvalue weighted by atomic mass is 32.2. The van der Waals surface area contributed by atoms with E-state index >= 15 is 0 Å². The molecular weight excluding hydrogens is 248 g/mol. The van der Waals surface area contributed by atoms with Crippen LogP contribution in [0.25, 0.3) is 0 Å². The largest absolute Gasteiger partial charge is 0.312 e. The standard InChI is InChI=1S/C13H28N2O2S/c1-11(2)15(12(3)4)8-7-14-13-6-5-9-18(16,17)10-13/h11-14H,5-10H2,1-4H3. The van der Waals surface area contributed by atoms with E-state index in [1.807, 2.05) is 0 Å². The number of nitrogens with one attached hydrogen (secondary N) is 1. The molecule has 1 atom stereocenters. The van der Waals surface area contributed by atoms with Crippen LogP contribution in [-0.2, 0) is 9.84 Å². The maximum absolute atomic E-state index is 11.5. The van der Waals surface area contributed by atoms with E-state index in [2.05, 4.69) is 37.9 Å². The van der Waals surface area contributed by atoms with Crippen LogP contribution < -0.4 is 5.32 Å². The molecule has 0 radical (unpaired) electrons. The van der Waals surface area contributed by atoms with Gasteiger partial charge in [0.25, 0.3) is 0 Å². The van der Waals surface area contributed by atoms with Crippen LogP contribution in [0.2, 0.25) is 0 Å². The average Bonchev–Trinajstić information content (AvgIpc) is 2.21. The molecule has 0 saturated carbocycles. The van der Waals surface area contributed by atoms with Crippen molar-refractivity contribution < 1.29 is 8.42 Å². The first-order chi connectivity index (χ1) is 8.32. The summed E-state index contributed by atoms with van der Waals surface area (Å²) >= 11 is 0. The summed E-state index contributed by atoms with van der Waals surface area (Å²) in [6.45, 7) is 10.6. The zero-order chi connectivity index (χ0) is 13.8. The van der Waals surface area contributed by atoms with Crippen molar-refractivity contribution in [2.45, 2.75) is 58.7 Å². The summed E-state index contributed by atoms with van der Waals surface area (Å²) in [6, 6.07) is 1.22. The van der Waals surface area contributed by atoms with E-state index in [4.69, 9.17) is 0 Å². The normalized spacial score (nSPS) is 24.1. The Hall–Kier alpha value is -0.130. The lowest BCUT2D eigenvalue weighted by molar-refractivity contribution is 0.174. The maximum Gasteiger partial charge on any atom is 0.151 e. The van der Waals surface area contributed by atoms with Gasteiger partial charge in [0.2, 0.25) is 0 Å². The molecule has 0 aromatic rings. The summed E-state index contributed by atoms with van der Waals surface area (Å²) < 4.78 is 23.0. The molecule has 1 aliphatic heterocycles. The van der Waals surface area contributed by atoms with Crippen LogP contribution in [-0.4, -0.2) is 56.0 Å². The third-order valence-corrected chi connectivity index (χ3v) is 5.41. The van der Waals surface area contributed by atoms with E-state index in [1.165, 1.54) is 0 Å². The molecule has 5 heteroatoms. The molecule has 0 bridgehead atoms. The minimum atomic E-state index is -2.79. The van der Waals surface area contributed by atoms with Gasteiger partial charge in [-0.05, 0) is 40.5 Å². The summed E-state index contributed by atoms with van der Waals surface area (Å²) in [5.41, 5.74) is 0. The van der Waals surface area contributed by atoms with Gasteiger partial charge < -0.3 is 5.32 Å². The molecule has 4 nitrogen and oxygen atoms in total. The van der Waals surface area contributed by atoms with Gasteiger partial charge in [-0.15, -0.1) is 0 Å². The number of hydrogen-bond acceptors (Lipinski definition) is 4. The van der Waals surface area contributed by atoms with Gasteiger partial charge in [-0.25, -0.2) is 8.42 Å². The Morgan fingerprint density at radius 3 is 2.33 bits per heavy atom. The molecule has 0 spiro atoms. The summed E-state index contributed by atoms with van der Waals surface area (Å²) in [5.74, 6) is 0.686. The lowest BCUT2D eigenvalue weighted by Gasteiger charge is -2.31. The highest BCUT2D eigenvalue weighted by Crippen LogP contribution is 2.12. The Morgan fingerprint density at radius 1 is 1.22 bits per heavy atom. The van der Waals surface area contributed by atoms with Gasteiger partial charge in [0.15, 0.2) is 9.84 Å². The van der Waals surface area contributed by atoms with E-state index < -0.39 is 9.84 Å². The van der Waals surface area contributed by atoms with Crippen molar-refractivity contribution in [2.24, 2.45) is 0 Å². The van der Waals surface area contributed by atoms with Crippen LogP contribution in [0, 0.1) is 0 Å². The smallest absolute Gasteiger partial charge is 0.151 e. The molecule has 1 rings (SSSR count). The van der Waals surface area contributed by atoms with Gasteiger partial charge >= 0.3 is 0 Å². The molecule has 1 unspecified atom stereocenters. The predicted octanol–water partition coefficient (Wildman–Crippen LogP) is 1.27. The van der Waals surface area contributed by atoms with Crippen LogP contribution in [0.15, 0.2) is 0 Å². The van der Waals surface area contributed by atoms with E-state index in [9.17, 15) is 8.42 Å². The summed E-state index contributed by atoms with van der Waals surface area (Å²) in [7, 11) is -2.79. The zero-order valence-corrected chi connectivity index (χ0v) is 13.0. The SMILES string of the molecule is CC(C)N(CCNC1CCCS(=O)(=O)C1)C(C)C. The molecule has 18 heavy (non-hydrogen) atoms. The second-order valence-corrected chi connectivity index (χ2v) is 8.06. The molecule has 1 saturated heterocycles. The van der Waals surface area contributed by atoms with Crippen LogP contribution in [0.4, 0.5) is 0 Å². The molecule has 1 fully saturated rings. The quantitative estimate of drug-likeness (QED) is 0.794. The van der Waals surface area contributed by atoms with E-state index in [0.717, 1.165) is 25.9 Å². The highest BCUT2D eigenvalue weighted by molar-refractivity contribution is 7.91. The molecule has 0 aromatic heterocycles. The average molecular weight is 276 g/mol. The van der Waals surface area contributed by atoms with E-state index in [1.54, 1.807) is 0 Å². The molecule has 108 valence electrons. The minimum absolute atomic E-state index is 0.157. The number of hydrogen-bond donors (Lipinski definition) is 1. The van der Waals surface area contributed by atoms with Crippen molar-refractivity contribution >= 4 is 9.84 Å². The molecule has 1 heterocycles. The Bertz CT molecular complexity index is 331. The molecule has 0 aliphatic carbocycles. The molecule has 0 amide bonds. The van der Waals surface area contributed by atoms with Crippen molar-refractivity contribution in [3.8, 4) is 0 Å². The first-order valence-electron chi connectivity index (χ1n) is 7.01. The van der Waals surface area contributed by atoms with Gasteiger partial charge in [-0.1, -0.05) is 0 Å². The fraction of sp³-hybridized carbons (Fsp3) is 1.00. The first-order valence-corrected chi connectivity index (χ1v) is 8.83. The summed E-state index contributed by atoms with van der Waals surface area (Å²) in [4.78, 5) is 2.42. The lowest BCUT2D eigenvalue weighted by Crippen LogP contribution is -2.46. The Kier molecular flexibility index (Phi) is 6.08. The van der Waals surface area contributed by atoms with Crippen LogP contribution in [0.1, 0.15) is 40.5 Å². The third kappa shape index (κ3) is 5.24. The predicted molar refractivity (Wildman–Crippen MR) is 76.7 cm³/mol. The highest BCUT2D eigenvalue weighted by Gasteiger charge is 2.24. The van der Waals surface area contributed by atoms with Crippen molar-refractivity contribution in [3.63, 3.8) is 0 Å². The van der Waals surface area contributed by atoms with Crippen LogP contribution in [0.3, 0.4) is 0 Å². The van der Waals surface area contributed by atoms with Gasteiger partial charge in [-0.3, -0.25) is 4.90 Å². The minimum Gasteiger partial charge on any atom is -0.312 e. The Balaban J connectivity index is 2.32. The van der Waals surface area contributed by atoms with E-state index in [0.29, 0.717) is 23.6 Å². The summed E-state index contributed by atoms with van der Waals surface area (Å²) in [5, 5.41) is 3.40. The fourth-order valence-electron chi connectivity index (χ4n) is 2.69. The zero-order valence-electron chi connectivity index (χ0n) is 12.1. The van der Waals surface area contributed by atoms with Crippen molar-refractivity contribution in [1.29, 1.82) is 0 Å². The molecular formula is C13H28N2O2S.